The Hall–Kier alpha value is -0.508. The number of benzene rings is 1. The predicted octanol–water partition coefficient (Wildman–Crippen LogP) is 2.48. The summed E-state index contributed by atoms with van der Waals surface area (Å²) in [7, 11) is 0. The molecule has 0 aromatic heterocycles. The van der Waals surface area contributed by atoms with Crippen LogP contribution in [0.15, 0.2) is 30.3 Å². The number of carbonyl (C=O) groups excluding carboxylic acids is 2. The molecule has 7 heteroatoms. The predicted molar refractivity (Wildman–Crippen MR) is 79.9 cm³/mol. The largest absolute Gasteiger partial charge is 2.00 e. The molecule has 0 fully saturated rings. The van der Waals surface area contributed by atoms with E-state index in [2.05, 4.69) is 12.2 Å². The third kappa shape index (κ3) is 9.50. The molecule has 1 aromatic carbocycles. The second-order valence-corrected chi connectivity index (χ2v) is 3.91. The quantitative estimate of drug-likeness (QED) is 0.338. The number of nitrogens with one attached hydrogen (secondary N) is 1. The molecule has 0 aliphatic carbocycles. The zero-order valence-corrected chi connectivity index (χ0v) is 18.5. The molecule has 0 bridgehead atoms. The van der Waals surface area contributed by atoms with Crippen LogP contribution < -0.4 is 5.32 Å². The minimum atomic E-state index is -1.01. The molecular weight excluding hydrogens is 529 g/mol. The maximum atomic E-state index is 12.0. The Bertz CT molecular complexity index is 469. The smallest absolute Gasteiger partial charge is 0.838 e. The standard InChI is InChI=1S/C14H16N2O3.CH3.W.Y/c1-3-19-13(17)9-12(10(2)15)14(18)16-11-7-5-4-6-8-11;;;/h4-8,12H,2-3,9H2,1H3,(H,16,18);1H3;;/q-2;-1;+2;. The summed E-state index contributed by atoms with van der Waals surface area (Å²) in [4.78, 5) is 23.3. The van der Waals surface area contributed by atoms with Gasteiger partial charge in [-0.25, -0.2) is 0 Å². The van der Waals surface area contributed by atoms with Gasteiger partial charge in [0.25, 0.3) is 0 Å². The van der Waals surface area contributed by atoms with Gasteiger partial charge in [-0.05, 0) is 19.1 Å². The van der Waals surface area contributed by atoms with Crippen LogP contribution in [0, 0.1) is 20.3 Å². The van der Waals surface area contributed by atoms with Crippen LogP contribution in [0.2, 0.25) is 0 Å². The van der Waals surface area contributed by atoms with Crippen LogP contribution in [-0.2, 0) is 68.1 Å². The molecule has 1 rings (SSSR count). The number of hydrogen-bond donors (Lipinski definition) is 1. The zero-order valence-electron chi connectivity index (χ0n) is 12.7. The maximum absolute atomic E-state index is 12.0. The number of hydrogen-bond acceptors (Lipinski definition) is 3. The van der Waals surface area contributed by atoms with Gasteiger partial charge in [0, 0.05) is 44.3 Å². The minimum absolute atomic E-state index is 0. The van der Waals surface area contributed by atoms with E-state index in [9.17, 15) is 15.0 Å². The van der Waals surface area contributed by atoms with Gasteiger partial charge in [-0.2, -0.15) is 0 Å². The molecule has 1 amide bonds. The average Bonchev–Trinajstić information content (AvgIpc) is 2.37. The van der Waals surface area contributed by atoms with Gasteiger partial charge in [-0.3, -0.25) is 9.59 Å². The number of anilines is 1. The molecule has 0 spiro atoms. The molecule has 117 valence electrons. The van der Waals surface area contributed by atoms with Crippen LogP contribution in [0.25, 0.3) is 5.41 Å². The molecule has 1 unspecified atom stereocenters. The first-order valence-electron chi connectivity index (χ1n) is 5.94. The van der Waals surface area contributed by atoms with Crippen molar-refractivity contribution in [2.24, 2.45) is 5.92 Å². The normalized spacial score (nSPS) is 9.86. The summed E-state index contributed by atoms with van der Waals surface area (Å²) in [6.07, 6.45) is -0.234. The second kappa shape index (κ2) is 14.1. The van der Waals surface area contributed by atoms with Crippen LogP contribution in [0.4, 0.5) is 5.69 Å². The van der Waals surface area contributed by atoms with E-state index >= 15 is 0 Å². The van der Waals surface area contributed by atoms with Crippen molar-refractivity contribution in [3.05, 3.63) is 50.1 Å². The molecule has 1 N–H and O–H groups in total. The van der Waals surface area contributed by atoms with Crippen LogP contribution in [0.3, 0.4) is 0 Å². The van der Waals surface area contributed by atoms with Crippen LogP contribution in [-0.4, -0.2) is 24.2 Å². The Balaban J connectivity index is -0.00000120. The van der Waals surface area contributed by atoms with E-state index in [0.29, 0.717) is 5.69 Å². The molecule has 0 heterocycles. The molecule has 1 atom stereocenters. The van der Waals surface area contributed by atoms with Gasteiger partial charge in [0.2, 0.25) is 5.91 Å². The van der Waals surface area contributed by atoms with E-state index in [-0.39, 0.29) is 79.9 Å². The molecule has 1 radical (unpaired) electrons. The Morgan fingerprint density at radius 2 is 1.86 bits per heavy atom. The van der Waals surface area contributed by atoms with Crippen molar-refractivity contribution in [1.29, 1.82) is 0 Å². The molecular formula is C15H19N2O3WY-. The van der Waals surface area contributed by atoms with E-state index in [1.54, 1.807) is 31.2 Å². The molecule has 0 aliphatic heterocycles. The van der Waals surface area contributed by atoms with Crippen molar-refractivity contribution in [3.8, 4) is 0 Å². The molecule has 0 aliphatic rings. The Morgan fingerprint density at radius 3 is 2.32 bits per heavy atom. The first-order chi connectivity index (χ1) is 9.04. The first kappa shape index (κ1) is 26.4. The Kier molecular flexibility index (Phi) is 16.9. The van der Waals surface area contributed by atoms with Crippen molar-refractivity contribution in [3.63, 3.8) is 0 Å². The summed E-state index contributed by atoms with van der Waals surface area (Å²) in [6, 6.07) is 8.77. The van der Waals surface area contributed by atoms with Gasteiger partial charge in [0.15, 0.2) is 0 Å². The second-order valence-electron chi connectivity index (χ2n) is 3.91. The minimum Gasteiger partial charge on any atom is -0.838 e. The fourth-order valence-corrected chi connectivity index (χ4v) is 1.50. The Morgan fingerprint density at radius 1 is 1.32 bits per heavy atom. The number of ether oxygens (including phenoxy) is 1. The summed E-state index contributed by atoms with van der Waals surface area (Å²) in [6.45, 7) is 5.22. The summed E-state index contributed by atoms with van der Waals surface area (Å²) < 4.78 is 4.75. The maximum Gasteiger partial charge on any atom is 2.00 e. The summed E-state index contributed by atoms with van der Waals surface area (Å²) >= 11 is 0. The molecule has 0 saturated carbocycles. The molecule has 1 aromatic rings. The fraction of sp³-hybridized carbons (Fsp3) is 0.267. The first-order valence-corrected chi connectivity index (χ1v) is 5.94. The van der Waals surface area contributed by atoms with Crippen LogP contribution >= 0.6 is 0 Å². The average molecular weight is 548 g/mol. The number of amides is 1. The van der Waals surface area contributed by atoms with Crippen molar-refractivity contribution < 1.29 is 68.1 Å². The molecule has 5 nitrogen and oxygen atoms in total. The van der Waals surface area contributed by atoms with E-state index in [1.807, 2.05) is 6.07 Å². The number of para-hydroxylation sites is 1. The van der Waals surface area contributed by atoms with Gasteiger partial charge >= 0.3 is 27.0 Å². The summed E-state index contributed by atoms with van der Waals surface area (Å²) in [5, 5.41) is 12.0. The van der Waals surface area contributed by atoms with Crippen LogP contribution in [0.1, 0.15) is 13.3 Å². The fourth-order valence-electron chi connectivity index (χ4n) is 1.50. The SMILES string of the molecule is [CH2-]C(=[N-])C(CC(=O)OCC)C(=O)Nc1ccccc1.[CH3-].[W+2].[Y]. The van der Waals surface area contributed by atoms with Crippen molar-refractivity contribution in [2.45, 2.75) is 13.3 Å². The number of nitrogens with zero attached hydrogens (tertiary/aromatic N) is 1. The topological polar surface area (TPSA) is 77.7 Å². The molecule has 0 saturated heterocycles. The van der Waals surface area contributed by atoms with E-state index in [4.69, 9.17) is 4.74 Å². The van der Waals surface area contributed by atoms with E-state index in [1.165, 1.54) is 0 Å². The summed E-state index contributed by atoms with van der Waals surface area (Å²) in [5.74, 6) is -2.06. The van der Waals surface area contributed by atoms with Gasteiger partial charge < -0.3 is 35.5 Å². The van der Waals surface area contributed by atoms with Gasteiger partial charge in [-0.15, -0.1) is 0 Å². The van der Waals surface area contributed by atoms with Gasteiger partial charge in [0.1, 0.15) is 0 Å². The summed E-state index contributed by atoms with van der Waals surface area (Å²) in [5.41, 5.74) is 0.226. The number of carbonyl (C=O) groups is 2. The van der Waals surface area contributed by atoms with E-state index < -0.39 is 17.8 Å². The van der Waals surface area contributed by atoms with Crippen LogP contribution in [0.5, 0.6) is 0 Å². The van der Waals surface area contributed by atoms with E-state index in [0.717, 1.165) is 0 Å². The number of rotatable bonds is 6. The van der Waals surface area contributed by atoms with Crippen molar-refractivity contribution >= 4 is 23.3 Å². The Labute approximate surface area is 171 Å². The monoisotopic (exact) mass is 548 g/mol. The van der Waals surface area contributed by atoms with Crippen molar-refractivity contribution in [2.75, 3.05) is 11.9 Å². The third-order valence-electron chi connectivity index (χ3n) is 2.44. The molecule has 22 heavy (non-hydrogen) atoms. The van der Waals surface area contributed by atoms with Gasteiger partial charge in [0.05, 0.1) is 13.0 Å². The van der Waals surface area contributed by atoms with Gasteiger partial charge in [-0.1, -0.05) is 18.2 Å². The zero-order chi connectivity index (χ0) is 14.3. The third-order valence-corrected chi connectivity index (χ3v) is 2.44. The van der Waals surface area contributed by atoms with Crippen molar-refractivity contribution in [1.82, 2.24) is 0 Å². The number of esters is 1.